The molecule has 17 heavy (non-hydrogen) atoms. The number of hydrogen-bond acceptors (Lipinski definition) is 3. The molecule has 0 bridgehead atoms. The van der Waals surface area contributed by atoms with Crippen LogP contribution in [0.2, 0.25) is 0 Å². The first-order chi connectivity index (χ1) is 7.72. The fourth-order valence-corrected chi connectivity index (χ4v) is 2.69. The largest absolute Gasteiger partial charge is 0.351 e. The summed E-state index contributed by atoms with van der Waals surface area (Å²) in [6.07, 6.45) is 1.72. The number of likely N-dealkylation sites (tertiary alicyclic amines) is 1. The molecular weight excluding hydrogens is 238 g/mol. The Morgan fingerprint density at radius 2 is 2.12 bits per heavy atom. The fourth-order valence-electron chi connectivity index (χ4n) is 2.69. The van der Waals surface area contributed by atoms with Crippen molar-refractivity contribution in [3.8, 4) is 0 Å². The van der Waals surface area contributed by atoms with E-state index < -0.39 is 0 Å². The van der Waals surface area contributed by atoms with Crippen LogP contribution in [-0.4, -0.2) is 49.6 Å². The molecule has 0 saturated carbocycles. The van der Waals surface area contributed by atoms with Crippen LogP contribution in [0.25, 0.3) is 0 Å². The van der Waals surface area contributed by atoms with Crippen molar-refractivity contribution >= 4 is 18.3 Å². The second-order valence-corrected chi connectivity index (χ2v) is 4.84. The standard InChI is InChI=1S/C12H21N3O.ClH/c1-3-4-14-12(16)9(2)15-7-10-5-13-6-11(10)8-15;/h3,9-11,13H,1,4-8H2,2H3,(H,14,16);1H/t9?,10-,11+;. The predicted octanol–water partition coefficient (Wildman–Crippen LogP) is 0.250. The molecule has 0 radical (unpaired) electrons. The highest BCUT2D eigenvalue weighted by Gasteiger charge is 2.39. The van der Waals surface area contributed by atoms with E-state index in [-0.39, 0.29) is 24.4 Å². The number of halogens is 1. The zero-order valence-electron chi connectivity index (χ0n) is 10.3. The number of carbonyl (C=O) groups is 1. The Morgan fingerprint density at radius 1 is 1.53 bits per heavy atom. The molecule has 3 atom stereocenters. The van der Waals surface area contributed by atoms with Crippen molar-refractivity contribution in [2.45, 2.75) is 13.0 Å². The molecule has 0 aromatic rings. The Bertz CT molecular complexity index is 273. The van der Waals surface area contributed by atoms with Crippen molar-refractivity contribution in [2.75, 3.05) is 32.7 Å². The summed E-state index contributed by atoms with van der Waals surface area (Å²) in [7, 11) is 0. The minimum Gasteiger partial charge on any atom is -0.351 e. The van der Waals surface area contributed by atoms with Gasteiger partial charge in [0.25, 0.3) is 0 Å². The summed E-state index contributed by atoms with van der Waals surface area (Å²) >= 11 is 0. The molecule has 1 amide bonds. The summed E-state index contributed by atoms with van der Waals surface area (Å²) in [5, 5.41) is 6.27. The minimum absolute atomic E-state index is 0. The summed E-state index contributed by atoms with van der Waals surface area (Å²) < 4.78 is 0. The average Bonchev–Trinajstić information content (AvgIpc) is 2.84. The van der Waals surface area contributed by atoms with E-state index in [4.69, 9.17) is 0 Å². The van der Waals surface area contributed by atoms with Gasteiger partial charge in [-0.3, -0.25) is 9.69 Å². The van der Waals surface area contributed by atoms with Crippen LogP contribution in [0.5, 0.6) is 0 Å². The maximum absolute atomic E-state index is 11.8. The number of amides is 1. The highest BCUT2D eigenvalue weighted by Crippen LogP contribution is 2.27. The van der Waals surface area contributed by atoms with Crippen LogP contribution < -0.4 is 10.6 Å². The zero-order chi connectivity index (χ0) is 11.5. The van der Waals surface area contributed by atoms with Crippen LogP contribution in [0.15, 0.2) is 12.7 Å². The second-order valence-electron chi connectivity index (χ2n) is 4.84. The molecule has 2 aliphatic heterocycles. The Hall–Kier alpha value is -0.580. The first-order valence-electron chi connectivity index (χ1n) is 6.05. The van der Waals surface area contributed by atoms with E-state index in [1.165, 1.54) is 0 Å². The van der Waals surface area contributed by atoms with Gasteiger partial charge in [0.05, 0.1) is 6.04 Å². The number of carbonyl (C=O) groups excluding carboxylic acids is 1. The summed E-state index contributed by atoms with van der Waals surface area (Å²) in [4.78, 5) is 14.1. The molecule has 0 aromatic carbocycles. The molecule has 5 heteroatoms. The lowest BCUT2D eigenvalue weighted by atomic mass is 10.0. The lowest BCUT2D eigenvalue weighted by molar-refractivity contribution is -0.125. The van der Waals surface area contributed by atoms with Crippen molar-refractivity contribution in [1.82, 2.24) is 15.5 Å². The number of fused-ring (bicyclic) bond motifs is 1. The van der Waals surface area contributed by atoms with E-state index in [1.807, 2.05) is 6.92 Å². The van der Waals surface area contributed by atoms with Crippen LogP contribution in [0.4, 0.5) is 0 Å². The van der Waals surface area contributed by atoms with Gasteiger partial charge < -0.3 is 10.6 Å². The summed E-state index contributed by atoms with van der Waals surface area (Å²) in [5.74, 6) is 1.61. The SMILES string of the molecule is C=CCNC(=O)C(C)N1C[C@H]2CNC[C@H]2C1.Cl. The molecular formula is C12H22ClN3O. The van der Waals surface area contributed by atoms with Gasteiger partial charge in [-0.15, -0.1) is 19.0 Å². The van der Waals surface area contributed by atoms with Gasteiger partial charge in [0, 0.05) is 19.6 Å². The third-order valence-corrected chi connectivity index (χ3v) is 3.77. The molecule has 2 fully saturated rings. The summed E-state index contributed by atoms with van der Waals surface area (Å²) in [6, 6.07) is -0.00875. The average molecular weight is 260 g/mol. The molecule has 2 rings (SSSR count). The normalized spacial score (nSPS) is 29.2. The maximum atomic E-state index is 11.8. The predicted molar refractivity (Wildman–Crippen MR) is 71.3 cm³/mol. The van der Waals surface area contributed by atoms with E-state index in [0.717, 1.165) is 38.0 Å². The van der Waals surface area contributed by atoms with Gasteiger partial charge >= 0.3 is 0 Å². The molecule has 2 heterocycles. The van der Waals surface area contributed by atoms with Gasteiger partial charge in [-0.25, -0.2) is 0 Å². The van der Waals surface area contributed by atoms with E-state index in [0.29, 0.717) is 6.54 Å². The quantitative estimate of drug-likeness (QED) is 0.712. The van der Waals surface area contributed by atoms with E-state index >= 15 is 0 Å². The van der Waals surface area contributed by atoms with Crippen molar-refractivity contribution in [3.63, 3.8) is 0 Å². The van der Waals surface area contributed by atoms with Gasteiger partial charge in [-0.1, -0.05) is 6.08 Å². The fraction of sp³-hybridized carbons (Fsp3) is 0.750. The van der Waals surface area contributed by atoms with Crippen LogP contribution in [0.1, 0.15) is 6.92 Å². The topological polar surface area (TPSA) is 44.4 Å². The smallest absolute Gasteiger partial charge is 0.237 e. The number of nitrogens with one attached hydrogen (secondary N) is 2. The zero-order valence-corrected chi connectivity index (χ0v) is 11.1. The van der Waals surface area contributed by atoms with Crippen LogP contribution in [0.3, 0.4) is 0 Å². The number of hydrogen-bond donors (Lipinski definition) is 2. The van der Waals surface area contributed by atoms with Gasteiger partial charge in [-0.2, -0.15) is 0 Å². The number of rotatable bonds is 4. The third-order valence-electron chi connectivity index (χ3n) is 3.77. The van der Waals surface area contributed by atoms with Crippen LogP contribution in [0, 0.1) is 11.8 Å². The van der Waals surface area contributed by atoms with Gasteiger partial charge in [0.2, 0.25) is 5.91 Å². The van der Waals surface area contributed by atoms with Crippen molar-refractivity contribution in [2.24, 2.45) is 11.8 Å². The van der Waals surface area contributed by atoms with Crippen molar-refractivity contribution < 1.29 is 4.79 Å². The molecule has 0 aromatic heterocycles. The molecule has 1 unspecified atom stereocenters. The third kappa shape index (κ3) is 3.21. The van der Waals surface area contributed by atoms with E-state index in [1.54, 1.807) is 6.08 Å². The van der Waals surface area contributed by atoms with Crippen molar-refractivity contribution in [1.29, 1.82) is 0 Å². The maximum Gasteiger partial charge on any atom is 0.237 e. The highest BCUT2D eigenvalue weighted by molar-refractivity contribution is 5.85. The first kappa shape index (κ1) is 14.5. The Morgan fingerprint density at radius 3 is 2.65 bits per heavy atom. The molecule has 0 aliphatic carbocycles. The summed E-state index contributed by atoms with van der Waals surface area (Å²) in [6.45, 7) is 10.5. The van der Waals surface area contributed by atoms with Gasteiger partial charge in [-0.05, 0) is 31.8 Å². The lowest BCUT2D eigenvalue weighted by Gasteiger charge is -2.24. The lowest BCUT2D eigenvalue weighted by Crippen LogP contribution is -2.45. The molecule has 4 nitrogen and oxygen atoms in total. The Kier molecular flexibility index (Phi) is 5.43. The molecule has 2 saturated heterocycles. The van der Waals surface area contributed by atoms with Crippen LogP contribution in [-0.2, 0) is 4.79 Å². The van der Waals surface area contributed by atoms with Gasteiger partial charge in [0.15, 0.2) is 0 Å². The minimum atomic E-state index is -0.00875. The monoisotopic (exact) mass is 259 g/mol. The van der Waals surface area contributed by atoms with E-state index in [2.05, 4.69) is 22.1 Å². The second kappa shape index (κ2) is 6.38. The van der Waals surface area contributed by atoms with Gasteiger partial charge in [0.1, 0.15) is 0 Å². The molecule has 2 N–H and O–H groups in total. The Balaban J connectivity index is 0.00000144. The van der Waals surface area contributed by atoms with Crippen LogP contribution >= 0.6 is 12.4 Å². The highest BCUT2D eigenvalue weighted by atomic mass is 35.5. The Labute approximate surface area is 109 Å². The number of nitrogens with zero attached hydrogens (tertiary/aromatic N) is 1. The molecule has 0 spiro atoms. The summed E-state index contributed by atoms with van der Waals surface area (Å²) in [5.41, 5.74) is 0. The first-order valence-corrected chi connectivity index (χ1v) is 6.05. The van der Waals surface area contributed by atoms with Crippen molar-refractivity contribution in [3.05, 3.63) is 12.7 Å². The van der Waals surface area contributed by atoms with E-state index in [9.17, 15) is 4.79 Å². The molecule has 98 valence electrons. The molecule has 2 aliphatic rings.